The normalized spacial score (nSPS) is 19.1. The molecule has 1 saturated heterocycles. The van der Waals surface area contributed by atoms with Crippen LogP contribution in [0.15, 0.2) is 33.9 Å². The Hall–Kier alpha value is -1.34. The fourth-order valence-corrected chi connectivity index (χ4v) is 5.49. The Morgan fingerprint density at radius 1 is 1.07 bits per heavy atom. The Labute approximate surface area is 179 Å². The monoisotopic (exact) mass is 462 g/mol. The molecule has 0 bridgehead atoms. The molecule has 7 heteroatoms. The van der Waals surface area contributed by atoms with E-state index in [2.05, 4.69) is 42.8 Å². The smallest absolute Gasteiger partial charge is 0.235 e. The van der Waals surface area contributed by atoms with E-state index in [-0.39, 0.29) is 11.2 Å². The molecule has 2 heterocycles. The van der Waals surface area contributed by atoms with Gasteiger partial charge in [0, 0.05) is 29.2 Å². The number of aromatic nitrogens is 3. The molecule has 2 fully saturated rings. The second kappa shape index (κ2) is 8.99. The lowest BCUT2D eigenvalue weighted by Crippen LogP contribution is -2.34. The topological polar surface area (TPSA) is 51.0 Å². The maximum Gasteiger partial charge on any atom is 0.235 e. The highest BCUT2D eigenvalue weighted by atomic mass is 79.9. The summed E-state index contributed by atoms with van der Waals surface area (Å²) in [5.41, 5.74) is 1.08. The van der Waals surface area contributed by atoms with E-state index in [0.29, 0.717) is 6.04 Å². The van der Waals surface area contributed by atoms with Gasteiger partial charge in [-0.15, -0.1) is 10.2 Å². The molecule has 4 rings (SSSR count). The molecular weight excluding hydrogens is 436 g/mol. The average molecular weight is 463 g/mol. The summed E-state index contributed by atoms with van der Waals surface area (Å²) < 4.78 is 3.36. The van der Waals surface area contributed by atoms with Crippen molar-refractivity contribution in [3.63, 3.8) is 0 Å². The van der Waals surface area contributed by atoms with Gasteiger partial charge in [0.1, 0.15) is 0 Å². The molecule has 1 aliphatic carbocycles. The van der Waals surface area contributed by atoms with Crippen molar-refractivity contribution >= 4 is 33.6 Å². The summed E-state index contributed by atoms with van der Waals surface area (Å²) in [5.74, 6) is 1.15. The molecule has 1 amide bonds. The van der Waals surface area contributed by atoms with Crippen LogP contribution in [0.1, 0.15) is 57.9 Å². The minimum atomic E-state index is -0.137. The van der Waals surface area contributed by atoms with E-state index in [1.807, 2.05) is 24.0 Å². The molecule has 1 unspecified atom stereocenters. The van der Waals surface area contributed by atoms with Crippen molar-refractivity contribution in [3.8, 4) is 11.4 Å². The fourth-order valence-electron chi connectivity index (χ4n) is 4.22. The maximum atomic E-state index is 12.8. The van der Waals surface area contributed by atoms with Gasteiger partial charge in [0.15, 0.2) is 11.0 Å². The fraction of sp³-hybridized carbons (Fsp3) is 0.571. The van der Waals surface area contributed by atoms with Gasteiger partial charge < -0.3 is 4.90 Å². The molecule has 0 radical (unpaired) electrons. The quantitative estimate of drug-likeness (QED) is 0.564. The van der Waals surface area contributed by atoms with E-state index in [1.54, 1.807) is 11.8 Å². The summed E-state index contributed by atoms with van der Waals surface area (Å²) in [7, 11) is 0. The summed E-state index contributed by atoms with van der Waals surface area (Å²) in [4.78, 5) is 14.8. The Morgan fingerprint density at radius 3 is 2.43 bits per heavy atom. The molecule has 1 aliphatic heterocycles. The van der Waals surface area contributed by atoms with E-state index in [9.17, 15) is 4.79 Å². The Kier molecular flexibility index (Phi) is 6.41. The molecule has 1 atom stereocenters. The number of nitrogens with zero attached hydrogens (tertiary/aromatic N) is 4. The number of carbonyl (C=O) groups is 1. The molecule has 0 N–H and O–H groups in total. The van der Waals surface area contributed by atoms with E-state index >= 15 is 0 Å². The first-order valence-corrected chi connectivity index (χ1v) is 12.0. The number of halogens is 1. The largest absolute Gasteiger partial charge is 0.342 e. The number of thioether (sulfide) groups is 1. The summed E-state index contributed by atoms with van der Waals surface area (Å²) >= 11 is 5.08. The zero-order valence-corrected chi connectivity index (χ0v) is 18.7. The van der Waals surface area contributed by atoms with Gasteiger partial charge in [-0.3, -0.25) is 9.36 Å². The number of amides is 1. The first-order valence-electron chi connectivity index (χ1n) is 10.3. The third-order valence-electron chi connectivity index (χ3n) is 5.75. The van der Waals surface area contributed by atoms with Gasteiger partial charge in [0.2, 0.25) is 5.91 Å². The summed E-state index contributed by atoms with van der Waals surface area (Å²) in [6.45, 7) is 3.79. The van der Waals surface area contributed by atoms with Crippen LogP contribution in [0.3, 0.4) is 0 Å². The molecule has 1 aromatic carbocycles. The highest BCUT2D eigenvalue weighted by molar-refractivity contribution is 9.10. The second-order valence-corrected chi connectivity index (χ2v) is 9.99. The van der Waals surface area contributed by atoms with Crippen LogP contribution in [0, 0.1) is 0 Å². The van der Waals surface area contributed by atoms with Crippen molar-refractivity contribution < 1.29 is 4.79 Å². The molecule has 2 aromatic rings. The SMILES string of the molecule is CC(Sc1nnc(-c2ccc(Br)cc2)n1C1CCCCC1)C(=O)N1CCCC1. The zero-order chi connectivity index (χ0) is 19.5. The first kappa shape index (κ1) is 20.0. The third kappa shape index (κ3) is 4.30. The Bertz CT molecular complexity index is 810. The van der Waals surface area contributed by atoms with Crippen LogP contribution in [0.25, 0.3) is 11.4 Å². The number of benzene rings is 1. The van der Waals surface area contributed by atoms with E-state index in [1.165, 1.54) is 19.3 Å². The highest BCUT2D eigenvalue weighted by Gasteiger charge is 2.29. The van der Waals surface area contributed by atoms with Gasteiger partial charge in [-0.05, 0) is 44.7 Å². The van der Waals surface area contributed by atoms with Crippen LogP contribution < -0.4 is 0 Å². The highest BCUT2D eigenvalue weighted by Crippen LogP contribution is 2.37. The molecule has 5 nitrogen and oxygen atoms in total. The number of likely N-dealkylation sites (tertiary alicyclic amines) is 1. The van der Waals surface area contributed by atoms with Crippen LogP contribution in [0.4, 0.5) is 0 Å². The van der Waals surface area contributed by atoms with Crippen molar-refractivity contribution in [3.05, 3.63) is 28.7 Å². The zero-order valence-electron chi connectivity index (χ0n) is 16.3. The number of hydrogen-bond donors (Lipinski definition) is 0. The van der Waals surface area contributed by atoms with Crippen LogP contribution >= 0.6 is 27.7 Å². The number of rotatable bonds is 5. The van der Waals surface area contributed by atoms with Crippen molar-refractivity contribution in [2.45, 2.75) is 68.3 Å². The lowest BCUT2D eigenvalue weighted by molar-refractivity contribution is -0.129. The lowest BCUT2D eigenvalue weighted by atomic mass is 9.95. The van der Waals surface area contributed by atoms with Gasteiger partial charge in [-0.2, -0.15) is 0 Å². The van der Waals surface area contributed by atoms with Crippen LogP contribution in [-0.2, 0) is 4.79 Å². The molecule has 0 spiro atoms. The molecule has 1 aromatic heterocycles. The number of hydrogen-bond acceptors (Lipinski definition) is 4. The average Bonchev–Trinajstić information content (AvgIpc) is 3.39. The van der Waals surface area contributed by atoms with Crippen molar-refractivity contribution in [1.82, 2.24) is 19.7 Å². The first-order chi connectivity index (χ1) is 13.6. The van der Waals surface area contributed by atoms with Crippen molar-refractivity contribution in [2.75, 3.05) is 13.1 Å². The van der Waals surface area contributed by atoms with E-state index < -0.39 is 0 Å². The molecule has 28 heavy (non-hydrogen) atoms. The van der Waals surface area contributed by atoms with Crippen molar-refractivity contribution in [1.29, 1.82) is 0 Å². The molecule has 2 aliphatic rings. The minimum Gasteiger partial charge on any atom is -0.342 e. The van der Waals surface area contributed by atoms with Gasteiger partial charge in [0.05, 0.1) is 5.25 Å². The van der Waals surface area contributed by atoms with Crippen LogP contribution in [0.2, 0.25) is 0 Å². The Balaban J connectivity index is 1.62. The van der Waals surface area contributed by atoms with Gasteiger partial charge in [-0.25, -0.2) is 0 Å². The third-order valence-corrected chi connectivity index (χ3v) is 7.33. The molecular formula is C21H27BrN4OS. The second-order valence-electron chi connectivity index (χ2n) is 7.77. The summed E-state index contributed by atoms with van der Waals surface area (Å²) in [6.07, 6.45) is 8.35. The lowest BCUT2D eigenvalue weighted by Gasteiger charge is -2.26. The molecule has 1 saturated carbocycles. The predicted octanol–water partition coefficient (Wildman–Crippen LogP) is 5.32. The van der Waals surface area contributed by atoms with Crippen LogP contribution in [0.5, 0.6) is 0 Å². The summed E-state index contributed by atoms with van der Waals surface area (Å²) in [5, 5.41) is 9.83. The van der Waals surface area contributed by atoms with Gasteiger partial charge in [0.25, 0.3) is 0 Å². The van der Waals surface area contributed by atoms with Gasteiger partial charge in [-0.1, -0.05) is 59.1 Å². The van der Waals surface area contributed by atoms with E-state index in [0.717, 1.165) is 59.8 Å². The predicted molar refractivity (Wildman–Crippen MR) is 116 cm³/mol. The Morgan fingerprint density at radius 2 is 1.75 bits per heavy atom. The van der Waals surface area contributed by atoms with Crippen LogP contribution in [-0.4, -0.2) is 43.9 Å². The van der Waals surface area contributed by atoms with E-state index in [4.69, 9.17) is 0 Å². The standard InChI is InChI=1S/C21H27BrN4OS/c1-15(20(27)25-13-5-6-14-25)28-21-24-23-19(16-9-11-17(22)12-10-16)26(21)18-7-3-2-4-8-18/h9-12,15,18H,2-8,13-14H2,1H3. The van der Waals surface area contributed by atoms with Gasteiger partial charge >= 0.3 is 0 Å². The molecule has 150 valence electrons. The minimum absolute atomic E-state index is 0.137. The number of carbonyl (C=O) groups excluding carboxylic acids is 1. The summed E-state index contributed by atoms with van der Waals surface area (Å²) in [6, 6.07) is 8.67. The van der Waals surface area contributed by atoms with Crippen molar-refractivity contribution in [2.24, 2.45) is 0 Å². The maximum absolute atomic E-state index is 12.8.